The molecule has 0 heterocycles. The Hall–Kier alpha value is -2.50. The molecule has 27 heavy (non-hydrogen) atoms. The molecule has 0 aromatic heterocycles. The molecule has 1 aromatic carbocycles. The number of ether oxygens (including phenoxy) is 3. The molecular weight excluding hydrogens is 348 g/mol. The van der Waals surface area contributed by atoms with Crippen LogP contribution < -0.4 is 9.47 Å². The fourth-order valence-electron chi connectivity index (χ4n) is 2.74. The van der Waals surface area contributed by atoms with Crippen LogP contribution in [0.3, 0.4) is 0 Å². The average molecular weight is 378 g/mol. The predicted octanol–water partition coefficient (Wildman–Crippen LogP) is 4.49. The van der Waals surface area contributed by atoms with Crippen molar-refractivity contribution in [2.75, 3.05) is 14.2 Å². The van der Waals surface area contributed by atoms with Crippen molar-refractivity contribution in [2.24, 2.45) is 5.92 Å². The van der Waals surface area contributed by atoms with Gasteiger partial charge < -0.3 is 19.3 Å². The summed E-state index contributed by atoms with van der Waals surface area (Å²) in [6.45, 7) is 4.25. The summed E-state index contributed by atoms with van der Waals surface area (Å²) in [7, 11) is 2.83. The molecule has 0 fully saturated rings. The van der Waals surface area contributed by atoms with Crippen LogP contribution >= 0.6 is 0 Å². The van der Waals surface area contributed by atoms with E-state index in [1.807, 2.05) is 0 Å². The molecular formula is C21H30O6. The van der Waals surface area contributed by atoms with Crippen molar-refractivity contribution in [3.63, 3.8) is 0 Å². The molecule has 0 radical (unpaired) electrons. The topological polar surface area (TPSA) is 82.1 Å². The second-order valence-electron chi connectivity index (χ2n) is 6.36. The zero-order valence-corrected chi connectivity index (χ0v) is 16.6. The Balaban J connectivity index is 2.59. The van der Waals surface area contributed by atoms with Crippen LogP contribution in [0.5, 0.6) is 17.2 Å². The number of carbonyl (C=O) groups excluding carboxylic acids is 2. The van der Waals surface area contributed by atoms with Gasteiger partial charge in [0.25, 0.3) is 0 Å². The van der Waals surface area contributed by atoms with E-state index in [2.05, 4.69) is 13.8 Å². The maximum atomic E-state index is 11.9. The van der Waals surface area contributed by atoms with E-state index in [0.29, 0.717) is 11.5 Å². The fourth-order valence-corrected chi connectivity index (χ4v) is 2.74. The lowest BCUT2D eigenvalue weighted by Crippen LogP contribution is -2.12. The summed E-state index contributed by atoms with van der Waals surface area (Å²) in [6.07, 6.45) is 8.01. The number of hydrogen-bond acceptors (Lipinski definition) is 6. The number of phenolic OH excluding ortho intramolecular Hbond substituents is 1. The summed E-state index contributed by atoms with van der Waals surface area (Å²) in [5.74, 6) is -0.441. The first-order valence-corrected chi connectivity index (χ1v) is 9.32. The van der Waals surface area contributed by atoms with Crippen LogP contribution in [-0.2, 0) is 14.3 Å². The molecule has 1 rings (SSSR count). The molecule has 0 saturated carbocycles. The molecule has 1 unspecified atom stereocenters. The molecule has 0 amide bonds. The van der Waals surface area contributed by atoms with E-state index in [-0.39, 0.29) is 23.7 Å². The number of carbonyl (C=O) groups is 2. The lowest BCUT2D eigenvalue weighted by atomic mass is 9.94. The molecule has 6 heteroatoms. The molecule has 6 nitrogen and oxygen atoms in total. The van der Waals surface area contributed by atoms with Gasteiger partial charge in [-0.05, 0) is 36.1 Å². The van der Waals surface area contributed by atoms with E-state index < -0.39 is 11.9 Å². The number of aromatic hydroxyl groups is 1. The zero-order chi connectivity index (χ0) is 20.2. The number of benzene rings is 1. The third-order valence-electron chi connectivity index (χ3n) is 4.43. The van der Waals surface area contributed by atoms with Gasteiger partial charge in [-0.1, -0.05) is 39.5 Å². The smallest absolute Gasteiger partial charge is 0.338 e. The van der Waals surface area contributed by atoms with Crippen LogP contribution in [0, 0.1) is 5.92 Å². The van der Waals surface area contributed by atoms with E-state index in [4.69, 9.17) is 14.2 Å². The van der Waals surface area contributed by atoms with E-state index in [1.165, 1.54) is 20.3 Å². The minimum Gasteiger partial charge on any atom is -0.502 e. The number of methoxy groups -OCH3 is 2. The Morgan fingerprint density at radius 3 is 2.26 bits per heavy atom. The van der Waals surface area contributed by atoms with Crippen LogP contribution in [0.1, 0.15) is 57.9 Å². The number of phenols is 1. The first-order valence-electron chi connectivity index (χ1n) is 9.32. The SMILES string of the molecule is CCCCC(CC)CCC(=O)OC(=O)/C=C/c1cc(OC)c(O)c(OC)c1. The van der Waals surface area contributed by atoms with Crippen LogP contribution in [0.25, 0.3) is 6.08 Å². The van der Waals surface area contributed by atoms with Gasteiger partial charge >= 0.3 is 11.9 Å². The Labute approximate surface area is 161 Å². The maximum absolute atomic E-state index is 11.9. The van der Waals surface area contributed by atoms with Crippen molar-refractivity contribution in [3.8, 4) is 17.2 Å². The Kier molecular flexibility index (Phi) is 10.0. The number of esters is 2. The molecule has 0 aliphatic carbocycles. The summed E-state index contributed by atoms with van der Waals surface area (Å²) in [4.78, 5) is 23.7. The van der Waals surface area contributed by atoms with Gasteiger partial charge in [0.2, 0.25) is 5.75 Å². The number of unbranched alkanes of at least 4 members (excludes halogenated alkanes) is 1. The highest BCUT2D eigenvalue weighted by atomic mass is 16.6. The summed E-state index contributed by atoms with van der Waals surface area (Å²) in [5.41, 5.74) is 0.566. The van der Waals surface area contributed by atoms with E-state index in [0.717, 1.165) is 38.2 Å². The highest BCUT2D eigenvalue weighted by Crippen LogP contribution is 2.37. The van der Waals surface area contributed by atoms with Gasteiger partial charge in [0.15, 0.2) is 11.5 Å². The molecule has 0 bridgehead atoms. The van der Waals surface area contributed by atoms with Crippen molar-refractivity contribution in [2.45, 2.75) is 52.4 Å². The van der Waals surface area contributed by atoms with Crippen molar-refractivity contribution < 1.29 is 28.9 Å². The second kappa shape index (κ2) is 12.0. The largest absolute Gasteiger partial charge is 0.502 e. The van der Waals surface area contributed by atoms with Gasteiger partial charge in [-0.2, -0.15) is 0 Å². The summed E-state index contributed by atoms with van der Waals surface area (Å²) >= 11 is 0. The Morgan fingerprint density at radius 2 is 1.74 bits per heavy atom. The zero-order valence-electron chi connectivity index (χ0n) is 16.6. The van der Waals surface area contributed by atoms with Crippen LogP contribution in [-0.4, -0.2) is 31.3 Å². The average Bonchev–Trinajstić information content (AvgIpc) is 2.67. The first kappa shape index (κ1) is 22.5. The Morgan fingerprint density at radius 1 is 1.11 bits per heavy atom. The molecule has 0 aliphatic rings. The van der Waals surface area contributed by atoms with Gasteiger partial charge in [-0.15, -0.1) is 0 Å². The van der Waals surface area contributed by atoms with Crippen LogP contribution in [0.4, 0.5) is 0 Å². The molecule has 0 spiro atoms. The quantitative estimate of drug-likeness (QED) is 0.347. The third kappa shape index (κ3) is 7.72. The molecule has 1 N–H and O–H groups in total. The lowest BCUT2D eigenvalue weighted by Gasteiger charge is -2.13. The molecule has 1 atom stereocenters. The number of rotatable bonds is 11. The van der Waals surface area contributed by atoms with Crippen molar-refractivity contribution in [1.82, 2.24) is 0 Å². The molecule has 150 valence electrons. The van der Waals surface area contributed by atoms with Crippen LogP contribution in [0.2, 0.25) is 0 Å². The molecule has 0 aliphatic heterocycles. The Bertz CT molecular complexity index is 625. The standard InChI is InChI=1S/C21H30O6/c1-5-7-8-15(6-2)9-11-19(22)27-20(23)12-10-16-13-17(25-3)21(24)18(14-16)26-4/h10,12-15,24H,5-9,11H2,1-4H3/b12-10+. The lowest BCUT2D eigenvalue weighted by molar-refractivity contribution is -0.156. The monoisotopic (exact) mass is 378 g/mol. The molecule has 0 saturated heterocycles. The van der Waals surface area contributed by atoms with Crippen LogP contribution in [0.15, 0.2) is 18.2 Å². The summed E-state index contributed by atoms with van der Waals surface area (Å²) in [6, 6.07) is 3.09. The number of hydrogen-bond donors (Lipinski definition) is 1. The minimum atomic E-state index is -0.729. The minimum absolute atomic E-state index is 0.122. The van der Waals surface area contributed by atoms with Gasteiger partial charge in [0.05, 0.1) is 14.2 Å². The van der Waals surface area contributed by atoms with E-state index in [1.54, 1.807) is 12.1 Å². The summed E-state index contributed by atoms with van der Waals surface area (Å²) in [5, 5.41) is 9.88. The second-order valence-corrected chi connectivity index (χ2v) is 6.36. The van der Waals surface area contributed by atoms with E-state index in [9.17, 15) is 14.7 Å². The third-order valence-corrected chi connectivity index (χ3v) is 4.43. The first-order chi connectivity index (χ1) is 12.9. The highest BCUT2D eigenvalue weighted by Gasteiger charge is 2.13. The van der Waals surface area contributed by atoms with Gasteiger partial charge in [0, 0.05) is 12.5 Å². The summed E-state index contributed by atoms with van der Waals surface area (Å²) < 4.78 is 14.9. The highest BCUT2D eigenvalue weighted by molar-refractivity contribution is 5.94. The van der Waals surface area contributed by atoms with Crippen molar-refractivity contribution in [1.29, 1.82) is 0 Å². The van der Waals surface area contributed by atoms with Gasteiger partial charge in [0.1, 0.15) is 0 Å². The van der Waals surface area contributed by atoms with Gasteiger partial charge in [-0.3, -0.25) is 4.79 Å². The molecule has 1 aromatic rings. The van der Waals surface area contributed by atoms with Gasteiger partial charge in [-0.25, -0.2) is 4.79 Å². The van der Waals surface area contributed by atoms with E-state index >= 15 is 0 Å². The normalized spacial score (nSPS) is 12.0. The van der Waals surface area contributed by atoms with Crippen molar-refractivity contribution in [3.05, 3.63) is 23.8 Å². The van der Waals surface area contributed by atoms with Crippen molar-refractivity contribution >= 4 is 18.0 Å². The predicted molar refractivity (Wildman–Crippen MR) is 104 cm³/mol. The fraction of sp³-hybridized carbons (Fsp3) is 0.524. The maximum Gasteiger partial charge on any atom is 0.338 e.